The molecule has 0 aliphatic heterocycles. The van der Waals surface area contributed by atoms with E-state index in [9.17, 15) is 14.7 Å². The van der Waals surface area contributed by atoms with Crippen molar-refractivity contribution in [2.24, 2.45) is 0 Å². The fraction of sp³-hybridized carbons (Fsp3) is 0.542. The molecular formula is C24H34N4O3. The van der Waals surface area contributed by atoms with Crippen LogP contribution >= 0.6 is 0 Å². The van der Waals surface area contributed by atoms with Crippen LogP contribution < -0.4 is 5.32 Å². The van der Waals surface area contributed by atoms with Crippen molar-refractivity contribution in [3.63, 3.8) is 0 Å². The van der Waals surface area contributed by atoms with Crippen molar-refractivity contribution >= 4 is 11.8 Å². The Labute approximate surface area is 184 Å². The monoisotopic (exact) mass is 426 g/mol. The number of nitrogens with one attached hydrogen (secondary N) is 1. The van der Waals surface area contributed by atoms with Crippen molar-refractivity contribution in [2.45, 2.75) is 70.6 Å². The Morgan fingerprint density at radius 1 is 1.26 bits per heavy atom. The molecule has 1 aromatic carbocycles. The number of aliphatic hydroxyl groups excluding tert-OH is 1. The second-order valence-electron chi connectivity index (χ2n) is 8.67. The van der Waals surface area contributed by atoms with Crippen LogP contribution in [-0.2, 0) is 16.8 Å². The Hall–Kier alpha value is -2.67. The quantitative estimate of drug-likeness (QED) is 0.695. The van der Waals surface area contributed by atoms with E-state index >= 15 is 0 Å². The Morgan fingerprint density at radius 2 is 1.94 bits per heavy atom. The number of hydrogen-bond donors (Lipinski definition) is 2. The summed E-state index contributed by atoms with van der Waals surface area (Å²) >= 11 is 0. The molecule has 1 aliphatic rings. The minimum Gasteiger partial charge on any atom is -0.391 e. The summed E-state index contributed by atoms with van der Waals surface area (Å²) in [6.07, 6.45) is 3.87. The van der Waals surface area contributed by atoms with Gasteiger partial charge in [-0.05, 0) is 45.1 Å². The lowest BCUT2D eigenvalue weighted by Crippen LogP contribution is -2.44. The van der Waals surface area contributed by atoms with Gasteiger partial charge in [0.1, 0.15) is 0 Å². The summed E-state index contributed by atoms with van der Waals surface area (Å²) in [6.45, 7) is 6.57. The van der Waals surface area contributed by atoms with Gasteiger partial charge in [-0.1, -0.05) is 30.3 Å². The maximum absolute atomic E-state index is 13.2. The van der Waals surface area contributed by atoms with E-state index in [0.29, 0.717) is 37.2 Å². The molecule has 7 heteroatoms. The van der Waals surface area contributed by atoms with E-state index in [1.165, 1.54) is 6.92 Å². The standard InChI is InChI=1S/C24H34N4O3/c1-5-28-15-20(17(2)26-28)23(31)27(4)21-11-13-24(14-12-22(21)30,16-25-18(3)29)19-9-7-6-8-10-19/h6-10,15,21-22,30H,5,11-14,16H2,1-4H3,(H,25,29)/t21-,22-,24+/m0/s1. The van der Waals surface area contributed by atoms with Gasteiger partial charge in [-0.25, -0.2) is 0 Å². The van der Waals surface area contributed by atoms with E-state index in [1.807, 2.05) is 32.0 Å². The Kier molecular flexibility index (Phi) is 7.15. The van der Waals surface area contributed by atoms with Crippen molar-refractivity contribution < 1.29 is 14.7 Å². The van der Waals surface area contributed by atoms with Gasteiger partial charge in [0.25, 0.3) is 5.91 Å². The van der Waals surface area contributed by atoms with Crippen LogP contribution in [0.2, 0.25) is 0 Å². The van der Waals surface area contributed by atoms with Gasteiger partial charge in [0.15, 0.2) is 0 Å². The van der Waals surface area contributed by atoms with E-state index in [1.54, 1.807) is 22.8 Å². The lowest BCUT2D eigenvalue weighted by Gasteiger charge is -2.34. The molecule has 2 aromatic rings. The normalized spacial score (nSPS) is 23.8. The number of nitrogens with zero attached hydrogens (tertiary/aromatic N) is 3. The van der Waals surface area contributed by atoms with Crippen molar-refractivity contribution in [1.29, 1.82) is 0 Å². The first-order valence-electron chi connectivity index (χ1n) is 11.1. The molecule has 1 fully saturated rings. The Balaban J connectivity index is 1.84. The molecule has 3 rings (SSSR count). The average Bonchev–Trinajstić information content (AvgIpc) is 3.06. The molecule has 1 saturated carbocycles. The molecule has 0 unspecified atom stereocenters. The highest BCUT2D eigenvalue weighted by molar-refractivity contribution is 5.95. The van der Waals surface area contributed by atoms with Gasteiger partial charge in [-0.15, -0.1) is 0 Å². The zero-order valence-corrected chi connectivity index (χ0v) is 19.0. The minimum atomic E-state index is -0.626. The van der Waals surface area contributed by atoms with Crippen LogP contribution in [0, 0.1) is 6.92 Å². The summed E-state index contributed by atoms with van der Waals surface area (Å²) in [6, 6.07) is 9.88. The summed E-state index contributed by atoms with van der Waals surface area (Å²) in [5.74, 6) is -0.178. The van der Waals surface area contributed by atoms with E-state index < -0.39 is 6.10 Å². The number of aryl methyl sites for hydroxylation is 2. The van der Waals surface area contributed by atoms with Gasteiger partial charge in [0, 0.05) is 38.7 Å². The van der Waals surface area contributed by atoms with Crippen LogP contribution in [0.25, 0.3) is 0 Å². The molecule has 7 nitrogen and oxygen atoms in total. The largest absolute Gasteiger partial charge is 0.391 e. The number of carbonyl (C=O) groups excluding carboxylic acids is 2. The second kappa shape index (κ2) is 9.64. The number of aromatic nitrogens is 2. The zero-order valence-electron chi connectivity index (χ0n) is 19.0. The summed E-state index contributed by atoms with van der Waals surface area (Å²) in [5, 5.41) is 18.4. The summed E-state index contributed by atoms with van der Waals surface area (Å²) < 4.78 is 1.76. The molecule has 0 bridgehead atoms. The second-order valence-corrected chi connectivity index (χ2v) is 8.67. The molecule has 1 aromatic heterocycles. The van der Waals surface area contributed by atoms with Gasteiger partial charge in [-0.3, -0.25) is 14.3 Å². The molecule has 31 heavy (non-hydrogen) atoms. The number of likely N-dealkylation sites (N-methyl/N-ethyl adjacent to an activating group) is 1. The minimum absolute atomic E-state index is 0.0626. The highest BCUT2D eigenvalue weighted by Gasteiger charge is 2.40. The molecule has 2 amide bonds. The lowest BCUT2D eigenvalue weighted by atomic mass is 9.74. The maximum atomic E-state index is 13.2. The molecule has 0 radical (unpaired) electrons. The Morgan fingerprint density at radius 3 is 2.55 bits per heavy atom. The smallest absolute Gasteiger partial charge is 0.257 e. The van der Waals surface area contributed by atoms with Crippen LogP contribution in [0.15, 0.2) is 36.5 Å². The van der Waals surface area contributed by atoms with Crippen molar-refractivity contribution in [1.82, 2.24) is 20.0 Å². The molecule has 1 heterocycles. The van der Waals surface area contributed by atoms with Crippen molar-refractivity contribution in [3.8, 4) is 0 Å². The summed E-state index contributed by atoms with van der Waals surface area (Å²) in [4.78, 5) is 26.5. The molecule has 0 spiro atoms. The van der Waals surface area contributed by atoms with Crippen LogP contribution in [0.1, 0.15) is 61.1 Å². The number of amides is 2. The lowest BCUT2D eigenvalue weighted by molar-refractivity contribution is -0.119. The first-order chi connectivity index (χ1) is 14.8. The predicted molar refractivity (Wildman–Crippen MR) is 120 cm³/mol. The maximum Gasteiger partial charge on any atom is 0.257 e. The average molecular weight is 427 g/mol. The van der Waals surface area contributed by atoms with Crippen LogP contribution in [0.5, 0.6) is 0 Å². The fourth-order valence-electron chi connectivity index (χ4n) is 4.69. The van der Waals surface area contributed by atoms with E-state index in [0.717, 1.165) is 18.4 Å². The van der Waals surface area contributed by atoms with Gasteiger partial charge in [0.05, 0.1) is 23.4 Å². The van der Waals surface area contributed by atoms with Gasteiger partial charge < -0.3 is 15.3 Å². The molecule has 168 valence electrons. The topological polar surface area (TPSA) is 87.5 Å². The molecule has 2 N–H and O–H groups in total. The number of hydrogen-bond acceptors (Lipinski definition) is 4. The van der Waals surface area contributed by atoms with Gasteiger partial charge >= 0.3 is 0 Å². The number of benzene rings is 1. The Bertz CT molecular complexity index is 911. The SMILES string of the molecule is CCn1cc(C(=O)N(C)[C@H]2CC[C@@](CNC(C)=O)(c3ccccc3)CC[C@@H]2O)c(C)n1. The third-order valence-corrected chi connectivity index (χ3v) is 6.66. The van der Waals surface area contributed by atoms with E-state index in [4.69, 9.17) is 0 Å². The molecule has 0 saturated heterocycles. The predicted octanol–water partition coefficient (Wildman–Crippen LogP) is 2.66. The molecule has 3 atom stereocenters. The third-order valence-electron chi connectivity index (χ3n) is 6.66. The fourth-order valence-corrected chi connectivity index (χ4v) is 4.69. The zero-order chi connectivity index (χ0) is 22.6. The van der Waals surface area contributed by atoms with Crippen LogP contribution in [0.3, 0.4) is 0 Å². The third kappa shape index (κ3) is 4.98. The highest BCUT2D eigenvalue weighted by Crippen LogP contribution is 2.39. The first-order valence-corrected chi connectivity index (χ1v) is 11.1. The number of rotatable bonds is 6. The number of aliphatic hydroxyl groups is 1. The molecule has 1 aliphatic carbocycles. The van der Waals surface area contributed by atoms with Crippen molar-refractivity contribution in [2.75, 3.05) is 13.6 Å². The van der Waals surface area contributed by atoms with E-state index in [2.05, 4.69) is 22.5 Å². The van der Waals surface area contributed by atoms with E-state index in [-0.39, 0.29) is 23.3 Å². The first kappa shape index (κ1) is 23.0. The van der Waals surface area contributed by atoms with Crippen LogP contribution in [-0.4, -0.2) is 57.3 Å². The molecular weight excluding hydrogens is 392 g/mol. The van der Waals surface area contributed by atoms with Gasteiger partial charge in [-0.2, -0.15) is 5.10 Å². The van der Waals surface area contributed by atoms with Gasteiger partial charge in [0.2, 0.25) is 5.91 Å². The van der Waals surface area contributed by atoms with Crippen LogP contribution in [0.4, 0.5) is 0 Å². The highest BCUT2D eigenvalue weighted by atomic mass is 16.3. The van der Waals surface area contributed by atoms with Crippen molar-refractivity contribution in [3.05, 3.63) is 53.3 Å². The number of carbonyl (C=O) groups is 2. The summed E-state index contributed by atoms with van der Waals surface area (Å²) in [5.41, 5.74) is 2.17. The summed E-state index contributed by atoms with van der Waals surface area (Å²) in [7, 11) is 1.77.